The molecule has 1 fully saturated rings. The van der Waals surface area contributed by atoms with Crippen LogP contribution in [0.1, 0.15) is 18.0 Å². The molecule has 5 heteroatoms. The molecule has 0 bridgehead atoms. The highest BCUT2D eigenvalue weighted by molar-refractivity contribution is 6.31. The maximum absolute atomic E-state index is 11.1. The number of carbonyl (C=O) groups excluding carboxylic acids is 1. The minimum absolute atomic E-state index is 0.0556. The van der Waals surface area contributed by atoms with Crippen molar-refractivity contribution in [2.75, 3.05) is 25.6 Å². The second-order valence-corrected chi connectivity index (χ2v) is 4.63. The van der Waals surface area contributed by atoms with Crippen LogP contribution in [0.4, 0.5) is 10.5 Å². The Hall–Kier alpha value is -1.42. The maximum Gasteiger partial charge on any atom is 0.407 e. The molecule has 92 valence electrons. The van der Waals surface area contributed by atoms with E-state index in [-0.39, 0.29) is 12.1 Å². The van der Waals surface area contributed by atoms with E-state index in [1.165, 1.54) is 0 Å². The number of halogens is 1. The van der Waals surface area contributed by atoms with Crippen molar-refractivity contribution < 1.29 is 9.53 Å². The highest BCUT2D eigenvalue weighted by atomic mass is 35.5. The lowest BCUT2D eigenvalue weighted by Gasteiger charge is -2.25. The first-order valence-electron chi connectivity index (χ1n) is 5.48. The third-order valence-corrected chi connectivity index (χ3v) is 3.13. The molecule has 4 nitrogen and oxygen atoms in total. The van der Waals surface area contributed by atoms with Gasteiger partial charge in [0.2, 0.25) is 0 Å². The number of alkyl carbamates (subject to hydrolysis) is 1. The number of cyclic esters (lactones) is 1. The summed E-state index contributed by atoms with van der Waals surface area (Å²) in [5.74, 6) is 0. The fourth-order valence-electron chi connectivity index (χ4n) is 1.84. The van der Waals surface area contributed by atoms with Crippen LogP contribution in [0.25, 0.3) is 0 Å². The molecule has 1 heterocycles. The summed E-state index contributed by atoms with van der Waals surface area (Å²) in [4.78, 5) is 13.1. The van der Waals surface area contributed by atoms with Crippen molar-refractivity contribution in [3.05, 3.63) is 28.8 Å². The van der Waals surface area contributed by atoms with Gasteiger partial charge in [-0.25, -0.2) is 4.79 Å². The molecule has 1 aromatic rings. The van der Waals surface area contributed by atoms with Crippen LogP contribution < -0.4 is 10.2 Å². The van der Waals surface area contributed by atoms with Crippen LogP contribution in [-0.4, -0.2) is 26.8 Å². The summed E-state index contributed by atoms with van der Waals surface area (Å²) in [7, 11) is 3.92. The van der Waals surface area contributed by atoms with E-state index in [1.807, 2.05) is 37.2 Å². The summed E-state index contributed by atoms with van der Waals surface area (Å²) < 4.78 is 4.83. The lowest BCUT2D eigenvalue weighted by atomic mass is 10.0. The summed E-state index contributed by atoms with van der Waals surface area (Å²) in [5.41, 5.74) is 1.98. The molecule has 1 N–H and O–H groups in total. The van der Waals surface area contributed by atoms with Crippen LogP contribution in [0.3, 0.4) is 0 Å². The number of rotatable bonds is 2. The standard InChI is InChI=1S/C12H15ClN2O2/c1-15(2)8-3-4-9(10(13)7-8)11-5-6-17-12(16)14-11/h3-4,7,11H,5-6H2,1-2H3,(H,14,16)/t11-/m1/s1. The van der Waals surface area contributed by atoms with E-state index in [2.05, 4.69) is 5.32 Å². The number of ether oxygens (including phenoxy) is 1. The third-order valence-electron chi connectivity index (χ3n) is 2.81. The minimum atomic E-state index is -0.381. The molecule has 1 amide bonds. The average molecular weight is 255 g/mol. The van der Waals surface area contributed by atoms with E-state index in [9.17, 15) is 4.79 Å². The zero-order chi connectivity index (χ0) is 12.4. The number of anilines is 1. The van der Waals surface area contributed by atoms with Gasteiger partial charge in [-0.2, -0.15) is 0 Å². The molecule has 0 aliphatic carbocycles. The molecule has 0 spiro atoms. The van der Waals surface area contributed by atoms with E-state index in [4.69, 9.17) is 16.3 Å². The Labute approximate surface area is 106 Å². The number of nitrogens with zero attached hydrogens (tertiary/aromatic N) is 1. The van der Waals surface area contributed by atoms with Gasteiger partial charge in [0.15, 0.2) is 0 Å². The van der Waals surface area contributed by atoms with Crippen LogP contribution in [0, 0.1) is 0 Å². The smallest absolute Gasteiger partial charge is 0.407 e. The summed E-state index contributed by atoms with van der Waals surface area (Å²) in [6, 6.07) is 5.79. The van der Waals surface area contributed by atoms with Crippen LogP contribution in [0.15, 0.2) is 18.2 Å². The fourth-order valence-corrected chi connectivity index (χ4v) is 2.14. The summed E-state index contributed by atoms with van der Waals surface area (Å²) in [6.07, 6.45) is 0.362. The molecular formula is C12H15ClN2O2. The molecule has 17 heavy (non-hydrogen) atoms. The first-order valence-corrected chi connectivity index (χ1v) is 5.86. The topological polar surface area (TPSA) is 41.6 Å². The van der Waals surface area contributed by atoms with Gasteiger partial charge < -0.3 is 15.0 Å². The Morgan fingerprint density at radius 1 is 1.47 bits per heavy atom. The van der Waals surface area contributed by atoms with E-state index in [1.54, 1.807) is 0 Å². The molecule has 0 saturated carbocycles. The van der Waals surface area contributed by atoms with Crippen molar-refractivity contribution >= 4 is 23.4 Å². The minimum Gasteiger partial charge on any atom is -0.449 e. The van der Waals surface area contributed by atoms with E-state index in [0.29, 0.717) is 11.6 Å². The van der Waals surface area contributed by atoms with Gasteiger partial charge in [0.05, 0.1) is 12.6 Å². The molecule has 0 unspecified atom stereocenters. The van der Waals surface area contributed by atoms with Gasteiger partial charge in [0, 0.05) is 31.2 Å². The third kappa shape index (κ3) is 2.64. The zero-order valence-electron chi connectivity index (χ0n) is 9.87. The maximum atomic E-state index is 11.1. The van der Waals surface area contributed by atoms with Gasteiger partial charge in [-0.15, -0.1) is 0 Å². The van der Waals surface area contributed by atoms with Gasteiger partial charge in [0.1, 0.15) is 0 Å². The second-order valence-electron chi connectivity index (χ2n) is 4.22. The predicted molar refractivity (Wildman–Crippen MR) is 67.6 cm³/mol. The number of carbonyl (C=O) groups is 1. The van der Waals surface area contributed by atoms with Crippen molar-refractivity contribution in [3.63, 3.8) is 0 Å². The number of hydrogen-bond acceptors (Lipinski definition) is 3. The Morgan fingerprint density at radius 3 is 2.82 bits per heavy atom. The fraction of sp³-hybridized carbons (Fsp3) is 0.417. The number of hydrogen-bond donors (Lipinski definition) is 1. The van der Waals surface area contributed by atoms with Crippen molar-refractivity contribution in [2.45, 2.75) is 12.5 Å². The summed E-state index contributed by atoms with van der Waals surface area (Å²) >= 11 is 6.24. The average Bonchev–Trinajstić information content (AvgIpc) is 2.28. The number of benzene rings is 1. The monoisotopic (exact) mass is 254 g/mol. The molecule has 2 rings (SSSR count). The summed E-state index contributed by atoms with van der Waals surface area (Å²) in [6.45, 7) is 0.433. The Balaban J connectivity index is 2.23. The quantitative estimate of drug-likeness (QED) is 0.882. The molecule has 1 aliphatic rings. The molecule has 1 aliphatic heterocycles. The Kier molecular flexibility index (Phi) is 3.43. The highest BCUT2D eigenvalue weighted by Gasteiger charge is 2.22. The Morgan fingerprint density at radius 2 is 2.24 bits per heavy atom. The van der Waals surface area contributed by atoms with E-state index >= 15 is 0 Å². The second kappa shape index (κ2) is 4.84. The first-order chi connectivity index (χ1) is 8.08. The van der Waals surface area contributed by atoms with Gasteiger partial charge in [-0.1, -0.05) is 17.7 Å². The largest absolute Gasteiger partial charge is 0.449 e. The van der Waals surface area contributed by atoms with Crippen LogP contribution in [0.2, 0.25) is 5.02 Å². The van der Waals surface area contributed by atoms with Crippen LogP contribution >= 0.6 is 11.6 Å². The number of nitrogens with one attached hydrogen (secondary N) is 1. The summed E-state index contributed by atoms with van der Waals surface area (Å²) in [5, 5.41) is 3.43. The van der Waals surface area contributed by atoms with Gasteiger partial charge in [-0.05, 0) is 17.7 Å². The molecule has 1 atom stereocenters. The predicted octanol–water partition coefficient (Wildman–Crippen LogP) is 2.58. The SMILES string of the molecule is CN(C)c1ccc([C@H]2CCOC(=O)N2)c(Cl)c1. The van der Waals surface area contributed by atoms with E-state index < -0.39 is 0 Å². The van der Waals surface area contributed by atoms with Crippen LogP contribution in [-0.2, 0) is 4.74 Å². The van der Waals surface area contributed by atoms with Gasteiger partial charge >= 0.3 is 6.09 Å². The molecular weight excluding hydrogens is 240 g/mol. The first kappa shape index (κ1) is 12.0. The van der Waals surface area contributed by atoms with Gasteiger partial charge in [0.25, 0.3) is 0 Å². The lowest BCUT2D eigenvalue weighted by Crippen LogP contribution is -2.35. The zero-order valence-corrected chi connectivity index (χ0v) is 10.6. The molecule has 1 aromatic carbocycles. The van der Waals surface area contributed by atoms with Crippen LogP contribution in [0.5, 0.6) is 0 Å². The van der Waals surface area contributed by atoms with Crippen molar-refractivity contribution in [2.24, 2.45) is 0 Å². The Bertz CT molecular complexity index is 435. The van der Waals surface area contributed by atoms with Crippen molar-refractivity contribution in [1.29, 1.82) is 0 Å². The lowest BCUT2D eigenvalue weighted by molar-refractivity contribution is 0.115. The van der Waals surface area contributed by atoms with Gasteiger partial charge in [-0.3, -0.25) is 0 Å². The normalized spacial score (nSPS) is 19.5. The number of amides is 1. The van der Waals surface area contributed by atoms with Crippen molar-refractivity contribution in [3.8, 4) is 0 Å². The highest BCUT2D eigenvalue weighted by Crippen LogP contribution is 2.30. The molecule has 0 radical (unpaired) electrons. The van der Waals surface area contributed by atoms with E-state index in [0.717, 1.165) is 17.7 Å². The van der Waals surface area contributed by atoms with Crippen molar-refractivity contribution in [1.82, 2.24) is 5.32 Å². The molecule has 1 saturated heterocycles. The molecule has 0 aromatic heterocycles.